The molecule has 0 aliphatic carbocycles. The molecule has 5 rings (SSSR count). The fraction of sp³-hybridized carbons (Fsp3) is 0.280. The van der Waals surface area contributed by atoms with Crippen LogP contribution in [0.5, 0.6) is 0 Å². The molecule has 0 atom stereocenters. The van der Waals surface area contributed by atoms with Gasteiger partial charge in [0, 0.05) is 43.9 Å². The second-order valence-corrected chi connectivity index (χ2v) is 8.01. The fourth-order valence-electron chi connectivity index (χ4n) is 4.23. The summed E-state index contributed by atoms with van der Waals surface area (Å²) in [6, 6.07) is 18.6. The van der Waals surface area contributed by atoms with Crippen LogP contribution in [0.4, 0.5) is 11.6 Å². The Bertz CT molecular complexity index is 1200. The summed E-state index contributed by atoms with van der Waals surface area (Å²) in [6.07, 6.45) is 2.73. The Balaban J connectivity index is 1.37. The maximum absolute atomic E-state index is 4.86. The Hall–Kier alpha value is -3.54. The van der Waals surface area contributed by atoms with Crippen molar-refractivity contribution in [3.63, 3.8) is 0 Å². The second kappa shape index (κ2) is 8.30. The molecule has 0 unspecified atom stereocenters. The van der Waals surface area contributed by atoms with E-state index < -0.39 is 0 Å². The minimum Gasteiger partial charge on any atom is -0.353 e. The van der Waals surface area contributed by atoms with Crippen molar-refractivity contribution in [1.82, 2.24) is 19.9 Å². The van der Waals surface area contributed by atoms with Crippen LogP contribution in [0.15, 0.2) is 60.8 Å². The Labute approximate surface area is 182 Å². The lowest BCUT2D eigenvalue weighted by Crippen LogP contribution is -2.47. The SMILES string of the molecule is Cc1nc(C)c(Cc2ccccc2)c(N2CCN(c3cnc4ccccc4n3)CC2)n1. The number of hydrogen-bond acceptors (Lipinski definition) is 6. The maximum Gasteiger partial charge on any atom is 0.147 e. The number of piperazine rings is 1. The molecule has 2 aromatic carbocycles. The number of aromatic nitrogens is 4. The third-order valence-electron chi connectivity index (χ3n) is 5.87. The van der Waals surface area contributed by atoms with E-state index in [9.17, 15) is 0 Å². The van der Waals surface area contributed by atoms with E-state index in [0.29, 0.717) is 0 Å². The van der Waals surface area contributed by atoms with Crippen molar-refractivity contribution in [3.8, 4) is 0 Å². The predicted octanol–water partition coefficient (Wildman–Crippen LogP) is 3.95. The van der Waals surface area contributed by atoms with Crippen molar-refractivity contribution in [2.24, 2.45) is 0 Å². The van der Waals surface area contributed by atoms with Crippen molar-refractivity contribution in [1.29, 1.82) is 0 Å². The van der Waals surface area contributed by atoms with Crippen LogP contribution < -0.4 is 9.80 Å². The zero-order valence-corrected chi connectivity index (χ0v) is 18.0. The number of rotatable bonds is 4. The van der Waals surface area contributed by atoms with Crippen molar-refractivity contribution in [3.05, 3.63) is 83.4 Å². The first-order valence-corrected chi connectivity index (χ1v) is 10.8. The number of hydrogen-bond donors (Lipinski definition) is 0. The first-order valence-electron chi connectivity index (χ1n) is 10.8. The van der Waals surface area contributed by atoms with Crippen molar-refractivity contribution in [2.75, 3.05) is 36.0 Å². The van der Waals surface area contributed by atoms with Crippen molar-refractivity contribution >= 4 is 22.7 Å². The predicted molar refractivity (Wildman–Crippen MR) is 125 cm³/mol. The average Bonchev–Trinajstić information content (AvgIpc) is 2.81. The summed E-state index contributed by atoms with van der Waals surface area (Å²) in [7, 11) is 0. The highest BCUT2D eigenvalue weighted by Crippen LogP contribution is 2.26. The second-order valence-electron chi connectivity index (χ2n) is 8.01. The number of benzene rings is 2. The molecule has 0 spiro atoms. The first-order chi connectivity index (χ1) is 15.2. The molecule has 1 aliphatic heterocycles. The van der Waals surface area contributed by atoms with E-state index in [1.165, 1.54) is 11.1 Å². The molecule has 0 bridgehead atoms. The normalized spacial score (nSPS) is 14.3. The van der Waals surface area contributed by atoms with E-state index in [1.54, 1.807) is 0 Å². The van der Waals surface area contributed by atoms with E-state index in [1.807, 2.05) is 37.4 Å². The Morgan fingerprint density at radius 3 is 2.19 bits per heavy atom. The molecule has 156 valence electrons. The van der Waals surface area contributed by atoms with Crippen LogP contribution in [0.1, 0.15) is 22.6 Å². The summed E-state index contributed by atoms with van der Waals surface area (Å²) >= 11 is 0. The molecule has 2 aromatic heterocycles. The van der Waals surface area contributed by atoms with Gasteiger partial charge in [0.2, 0.25) is 0 Å². The largest absolute Gasteiger partial charge is 0.353 e. The third-order valence-corrected chi connectivity index (χ3v) is 5.87. The summed E-state index contributed by atoms with van der Waals surface area (Å²) in [5.41, 5.74) is 5.44. The van der Waals surface area contributed by atoms with Gasteiger partial charge in [-0.05, 0) is 31.5 Å². The van der Waals surface area contributed by atoms with Crippen molar-refractivity contribution < 1.29 is 0 Å². The van der Waals surface area contributed by atoms with E-state index in [2.05, 4.69) is 57.0 Å². The zero-order valence-electron chi connectivity index (χ0n) is 18.0. The summed E-state index contributed by atoms with van der Waals surface area (Å²) in [4.78, 5) is 23.6. The number of nitrogens with zero attached hydrogens (tertiary/aromatic N) is 6. The molecule has 0 N–H and O–H groups in total. The van der Waals surface area contributed by atoms with Gasteiger partial charge in [-0.2, -0.15) is 0 Å². The van der Waals surface area contributed by atoms with Gasteiger partial charge in [-0.15, -0.1) is 0 Å². The minimum absolute atomic E-state index is 0.826. The molecule has 4 aromatic rings. The molecule has 0 radical (unpaired) electrons. The highest BCUT2D eigenvalue weighted by molar-refractivity contribution is 5.75. The molecule has 1 fully saturated rings. The van der Waals surface area contributed by atoms with Crippen LogP contribution >= 0.6 is 0 Å². The topological polar surface area (TPSA) is 58.0 Å². The van der Waals surface area contributed by atoms with Crippen LogP contribution in [0.3, 0.4) is 0 Å². The summed E-state index contributed by atoms with van der Waals surface area (Å²) in [5.74, 6) is 2.84. The Kier molecular flexibility index (Phi) is 5.20. The number of aryl methyl sites for hydroxylation is 2. The van der Waals surface area contributed by atoms with Gasteiger partial charge >= 0.3 is 0 Å². The smallest absolute Gasteiger partial charge is 0.147 e. The number of fused-ring (bicyclic) bond motifs is 1. The summed E-state index contributed by atoms with van der Waals surface area (Å²) in [6.45, 7) is 7.64. The van der Waals surface area contributed by atoms with Crippen LogP contribution in [0, 0.1) is 13.8 Å². The van der Waals surface area contributed by atoms with Crippen LogP contribution in [0.2, 0.25) is 0 Å². The maximum atomic E-state index is 4.86. The average molecular weight is 411 g/mol. The van der Waals surface area contributed by atoms with Gasteiger partial charge in [0.1, 0.15) is 17.5 Å². The van der Waals surface area contributed by atoms with E-state index in [4.69, 9.17) is 9.97 Å². The molecule has 1 aliphatic rings. The van der Waals surface area contributed by atoms with Gasteiger partial charge in [-0.25, -0.2) is 15.0 Å². The Morgan fingerprint density at radius 1 is 0.742 bits per heavy atom. The highest BCUT2D eigenvalue weighted by atomic mass is 15.3. The molecule has 0 saturated carbocycles. The van der Waals surface area contributed by atoms with E-state index >= 15 is 0 Å². The summed E-state index contributed by atoms with van der Waals surface area (Å²) < 4.78 is 0. The molecule has 6 heteroatoms. The summed E-state index contributed by atoms with van der Waals surface area (Å²) in [5, 5.41) is 0. The van der Waals surface area contributed by atoms with Crippen molar-refractivity contribution in [2.45, 2.75) is 20.3 Å². The fourth-order valence-corrected chi connectivity index (χ4v) is 4.23. The molecular weight excluding hydrogens is 384 g/mol. The lowest BCUT2D eigenvalue weighted by atomic mass is 10.0. The third kappa shape index (κ3) is 4.06. The van der Waals surface area contributed by atoms with E-state index in [-0.39, 0.29) is 0 Å². The minimum atomic E-state index is 0.826. The first kappa shape index (κ1) is 19.4. The number of anilines is 2. The zero-order chi connectivity index (χ0) is 21.2. The van der Waals surface area contributed by atoms with Crippen LogP contribution in [-0.4, -0.2) is 46.1 Å². The number of para-hydroxylation sites is 2. The van der Waals surface area contributed by atoms with Crippen LogP contribution in [0.25, 0.3) is 11.0 Å². The molecule has 1 saturated heterocycles. The van der Waals surface area contributed by atoms with Gasteiger partial charge in [0.05, 0.1) is 17.2 Å². The van der Waals surface area contributed by atoms with Gasteiger partial charge in [0.15, 0.2) is 0 Å². The standard InChI is InChI=1S/C25H26N6/c1-18-21(16-20-8-4-3-5-9-20)25(28-19(2)27-18)31-14-12-30(13-15-31)24-17-26-22-10-6-7-11-23(22)29-24/h3-11,17H,12-16H2,1-2H3. The molecule has 3 heterocycles. The van der Waals surface area contributed by atoms with Crippen LogP contribution in [-0.2, 0) is 6.42 Å². The van der Waals surface area contributed by atoms with Gasteiger partial charge in [-0.1, -0.05) is 42.5 Å². The Morgan fingerprint density at radius 2 is 1.42 bits per heavy atom. The lowest BCUT2D eigenvalue weighted by molar-refractivity contribution is 0.637. The van der Waals surface area contributed by atoms with E-state index in [0.717, 1.165) is 66.8 Å². The quantitative estimate of drug-likeness (QED) is 0.508. The molecular formula is C25H26N6. The van der Waals surface area contributed by atoms with Gasteiger partial charge in [0.25, 0.3) is 0 Å². The van der Waals surface area contributed by atoms with Gasteiger partial charge < -0.3 is 9.80 Å². The molecule has 6 nitrogen and oxygen atoms in total. The molecule has 0 amide bonds. The monoisotopic (exact) mass is 410 g/mol. The molecule has 31 heavy (non-hydrogen) atoms. The van der Waals surface area contributed by atoms with Gasteiger partial charge in [-0.3, -0.25) is 4.98 Å². The lowest BCUT2D eigenvalue weighted by Gasteiger charge is -2.37. The highest BCUT2D eigenvalue weighted by Gasteiger charge is 2.23.